The number of hydrogen-bond donors (Lipinski definition) is 2. The normalized spacial score (nSPS) is 18.8. The number of aromatic nitrogens is 3. The highest BCUT2D eigenvalue weighted by atomic mass is 19.4. The average Bonchev–Trinajstić information content (AvgIpc) is 3.78. The van der Waals surface area contributed by atoms with Crippen LogP contribution in [0.5, 0.6) is 5.75 Å². The number of rotatable bonds is 18. The van der Waals surface area contributed by atoms with Gasteiger partial charge in [-0.25, -0.2) is 4.98 Å². The van der Waals surface area contributed by atoms with E-state index < -0.39 is 29.6 Å². The summed E-state index contributed by atoms with van der Waals surface area (Å²) in [5, 5.41) is 10.8. The average molecular weight is 847 g/mol. The van der Waals surface area contributed by atoms with Crippen LogP contribution in [0.3, 0.4) is 0 Å². The molecule has 1 aliphatic carbocycles. The highest BCUT2D eigenvalue weighted by molar-refractivity contribution is 6.28. The molecule has 2 amide bonds. The predicted molar refractivity (Wildman–Crippen MR) is 218 cm³/mol. The molecule has 4 heterocycles. The van der Waals surface area contributed by atoms with Gasteiger partial charge in [-0.1, -0.05) is 30.8 Å². The number of nitrogens with one attached hydrogen (secondary N) is 2. The number of hydrogen-bond acceptors (Lipinski definition) is 11. The third-order valence-corrected chi connectivity index (χ3v) is 11.3. The molecule has 14 nitrogen and oxygen atoms in total. The Morgan fingerprint density at radius 2 is 1.66 bits per heavy atom. The number of anilines is 1. The van der Waals surface area contributed by atoms with Crippen molar-refractivity contribution in [2.24, 2.45) is 11.8 Å². The first-order valence-corrected chi connectivity index (χ1v) is 20.5. The Kier molecular flexibility index (Phi) is 13.9. The highest BCUT2D eigenvalue weighted by Crippen LogP contribution is 2.38. The topological polar surface area (TPSA) is 163 Å². The van der Waals surface area contributed by atoms with E-state index in [9.17, 15) is 32.3 Å². The summed E-state index contributed by atoms with van der Waals surface area (Å²) >= 11 is 0. The van der Waals surface area contributed by atoms with Crippen molar-refractivity contribution in [1.29, 1.82) is 0 Å². The molecule has 3 aliphatic rings. The number of halogens is 3. The van der Waals surface area contributed by atoms with Gasteiger partial charge in [-0.3, -0.25) is 23.9 Å². The first kappa shape index (κ1) is 43.6. The van der Waals surface area contributed by atoms with Crippen LogP contribution < -0.4 is 15.4 Å². The first-order valence-electron chi connectivity index (χ1n) is 20.5. The zero-order valence-corrected chi connectivity index (χ0v) is 33.9. The van der Waals surface area contributed by atoms with E-state index in [1.54, 1.807) is 24.3 Å². The minimum Gasteiger partial charge on any atom is -0.494 e. The molecule has 0 saturated carbocycles. The third kappa shape index (κ3) is 10.3. The van der Waals surface area contributed by atoms with Gasteiger partial charge in [-0.15, -0.1) is 0 Å². The molecule has 2 fully saturated rings. The van der Waals surface area contributed by atoms with Crippen molar-refractivity contribution in [2.75, 3.05) is 71.7 Å². The number of carbonyl (C=O) groups excluding carboxylic acids is 4. The zero-order chi connectivity index (χ0) is 43.1. The summed E-state index contributed by atoms with van der Waals surface area (Å²) in [5.41, 5.74) is 1.69. The van der Waals surface area contributed by atoms with E-state index in [1.807, 2.05) is 16.9 Å². The molecule has 0 bridgehead atoms. The standard InChI is InChI=1S/C44H49F3N6O8/c1-27-11-12-32(42(56)48-27)39-40(54)31-8-3-6-28(38(31)41(39)55)7-5-18-59-20-22-61-23-21-60-19-17-52-15-13-30(14-16-52)53-26-29-24-35(36(58-2)25-34(29)51-53)50-43(57)33-9-4-10-37(49-33)44(45,46)47/h3-4,6,8-10,24-26,30,32,39H,1,5,7,11-23H2,2H3,(H,48,56)(H,50,57). The molecule has 0 spiro atoms. The van der Waals surface area contributed by atoms with Gasteiger partial charge >= 0.3 is 6.18 Å². The number of nitrogens with zero attached hydrogens (tertiary/aromatic N) is 4. The maximum absolute atomic E-state index is 13.4. The molecule has 4 aromatic rings. The number of methoxy groups -OCH3 is 1. The summed E-state index contributed by atoms with van der Waals surface area (Å²) in [6.45, 7) is 9.09. The number of allylic oxidation sites excluding steroid dienone is 1. The molecule has 2 unspecified atom stereocenters. The number of alkyl halides is 3. The minimum atomic E-state index is -4.67. The Labute approximate surface area is 350 Å². The number of aryl methyl sites for hydroxylation is 1. The predicted octanol–water partition coefficient (Wildman–Crippen LogP) is 6.07. The number of pyridine rings is 1. The van der Waals surface area contributed by atoms with E-state index in [1.165, 1.54) is 13.2 Å². The molecule has 2 aliphatic heterocycles. The van der Waals surface area contributed by atoms with Crippen LogP contribution in [0.4, 0.5) is 18.9 Å². The van der Waals surface area contributed by atoms with Crippen molar-refractivity contribution in [1.82, 2.24) is 25.0 Å². The fourth-order valence-electron chi connectivity index (χ4n) is 8.16. The van der Waals surface area contributed by atoms with E-state index in [2.05, 4.69) is 27.1 Å². The molecular weight excluding hydrogens is 798 g/mol. The van der Waals surface area contributed by atoms with E-state index in [-0.39, 0.29) is 29.2 Å². The van der Waals surface area contributed by atoms with E-state index in [4.69, 9.17) is 24.0 Å². The summed E-state index contributed by atoms with van der Waals surface area (Å²) < 4.78 is 64.0. The van der Waals surface area contributed by atoms with Crippen LogP contribution in [0.1, 0.15) is 80.6 Å². The monoisotopic (exact) mass is 846 g/mol. The van der Waals surface area contributed by atoms with Gasteiger partial charge in [-0.05, 0) is 62.3 Å². The van der Waals surface area contributed by atoms with Gasteiger partial charge < -0.3 is 34.5 Å². The Morgan fingerprint density at radius 3 is 2.38 bits per heavy atom. The smallest absolute Gasteiger partial charge is 0.433 e. The van der Waals surface area contributed by atoms with Crippen LogP contribution >= 0.6 is 0 Å². The molecule has 324 valence electrons. The zero-order valence-electron chi connectivity index (χ0n) is 33.9. The maximum Gasteiger partial charge on any atom is 0.433 e. The molecule has 2 aromatic carbocycles. The summed E-state index contributed by atoms with van der Waals surface area (Å²) in [4.78, 5) is 57.8. The van der Waals surface area contributed by atoms with Gasteiger partial charge in [0.05, 0.1) is 69.2 Å². The van der Waals surface area contributed by atoms with Gasteiger partial charge in [0.1, 0.15) is 17.1 Å². The molecule has 61 heavy (non-hydrogen) atoms. The molecule has 2 aromatic heterocycles. The molecule has 2 saturated heterocycles. The number of carbonyl (C=O) groups is 4. The van der Waals surface area contributed by atoms with Crippen molar-refractivity contribution in [3.05, 3.63) is 95.1 Å². The summed E-state index contributed by atoms with van der Waals surface area (Å²) in [6.07, 6.45) is 1.21. The minimum absolute atomic E-state index is 0.166. The quantitative estimate of drug-likeness (QED) is 0.0884. The van der Waals surface area contributed by atoms with Crippen molar-refractivity contribution in [3.8, 4) is 5.75 Å². The van der Waals surface area contributed by atoms with Gasteiger partial charge in [-0.2, -0.15) is 18.3 Å². The third-order valence-electron chi connectivity index (χ3n) is 11.3. The van der Waals surface area contributed by atoms with Crippen LogP contribution in [0.2, 0.25) is 0 Å². The van der Waals surface area contributed by atoms with Gasteiger partial charge in [0, 0.05) is 60.7 Å². The maximum atomic E-state index is 13.4. The highest BCUT2D eigenvalue weighted by Gasteiger charge is 2.47. The number of Topliss-reactive ketones (excluding diaryl/α,β-unsaturated/α-hetero) is 2. The summed E-state index contributed by atoms with van der Waals surface area (Å²) in [6, 6.07) is 12.0. The van der Waals surface area contributed by atoms with Crippen LogP contribution in [-0.4, -0.2) is 109 Å². The van der Waals surface area contributed by atoms with Crippen molar-refractivity contribution < 1.29 is 51.3 Å². The number of amides is 2. The number of likely N-dealkylation sites (tertiary alicyclic amines) is 1. The fourth-order valence-corrected chi connectivity index (χ4v) is 8.16. The first-order chi connectivity index (χ1) is 29.4. The lowest BCUT2D eigenvalue weighted by molar-refractivity contribution is -0.141. The Bertz CT molecular complexity index is 2270. The van der Waals surface area contributed by atoms with E-state index in [0.717, 1.165) is 55.6 Å². The van der Waals surface area contributed by atoms with Crippen LogP contribution in [-0.2, 0) is 31.6 Å². The van der Waals surface area contributed by atoms with Crippen molar-refractivity contribution in [3.63, 3.8) is 0 Å². The molecule has 0 radical (unpaired) electrons. The lowest BCUT2D eigenvalue weighted by Crippen LogP contribution is -2.42. The lowest BCUT2D eigenvalue weighted by Gasteiger charge is -2.31. The molecule has 2 atom stereocenters. The number of benzene rings is 2. The largest absolute Gasteiger partial charge is 0.494 e. The van der Waals surface area contributed by atoms with Gasteiger partial charge in [0.2, 0.25) is 5.91 Å². The molecule has 17 heteroatoms. The summed E-state index contributed by atoms with van der Waals surface area (Å²) in [7, 11) is 1.44. The van der Waals surface area contributed by atoms with Gasteiger partial charge in [0.25, 0.3) is 5.91 Å². The number of ketones is 2. The second kappa shape index (κ2) is 19.5. The van der Waals surface area contributed by atoms with Crippen LogP contribution in [0.25, 0.3) is 10.9 Å². The number of piperidine rings is 2. The van der Waals surface area contributed by atoms with E-state index in [0.29, 0.717) is 99.1 Å². The van der Waals surface area contributed by atoms with Crippen molar-refractivity contribution >= 4 is 40.0 Å². The number of fused-ring (bicyclic) bond motifs is 2. The second-order valence-corrected chi connectivity index (χ2v) is 15.4. The van der Waals surface area contributed by atoms with E-state index >= 15 is 0 Å². The molecular formula is C44H49F3N6O8. The lowest BCUT2D eigenvalue weighted by atomic mass is 9.81. The SMILES string of the molecule is C=C1CCC(C2C(=O)c3cccc(CCCOCCOCCOCCN4CCC(n5cc6cc(NC(=O)c7cccc(C(F)(F)F)n7)c(OC)cc6n5)CC4)c3C2=O)C(=O)N1. The number of ether oxygens (including phenoxy) is 4. The molecule has 2 N–H and O–H groups in total. The van der Waals surface area contributed by atoms with Crippen LogP contribution in [0, 0.1) is 11.8 Å². The Morgan fingerprint density at radius 1 is 0.934 bits per heavy atom. The molecule has 7 rings (SSSR count). The fraction of sp³-hybridized carbons (Fsp3) is 0.455. The Balaban J connectivity index is 0.755. The second-order valence-electron chi connectivity index (χ2n) is 15.4. The Hall–Kier alpha value is -5.49. The van der Waals surface area contributed by atoms with Crippen molar-refractivity contribution in [2.45, 2.75) is 50.7 Å². The van der Waals surface area contributed by atoms with Crippen LogP contribution in [0.15, 0.2) is 67.0 Å². The van der Waals surface area contributed by atoms with Gasteiger partial charge in [0.15, 0.2) is 11.6 Å². The summed E-state index contributed by atoms with van der Waals surface area (Å²) in [5.74, 6) is -2.97.